The van der Waals surface area contributed by atoms with Crippen molar-refractivity contribution in [2.24, 2.45) is 0 Å². The molecule has 7 nitrogen and oxygen atoms in total. The van der Waals surface area contributed by atoms with Crippen molar-refractivity contribution in [2.75, 3.05) is 35.8 Å². The molecule has 1 N–H and O–H groups in total. The first-order valence-corrected chi connectivity index (χ1v) is 13.0. The van der Waals surface area contributed by atoms with Gasteiger partial charge in [0.15, 0.2) is 5.13 Å². The average molecular weight is 489 g/mol. The molecule has 0 unspecified atom stereocenters. The first kappa shape index (κ1) is 23.2. The van der Waals surface area contributed by atoms with Crippen LogP contribution in [-0.4, -0.2) is 50.4 Å². The van der Waals surface area contributed by atoms with Crippen LogP contribution in [0.5, 0.6) is 0 Å². The number of aromatic nitrogens is 1. The third-order valence-corrected chi connectivity index (χ3v) is 7.82. The second kappa shape index (κ2) is 9.88. The SMILES string of the molecule is Cc1ccc(S(=O)(=O)Nc2nc(CCC(=O)N3CCN(c4ccccc4F)CC3)cs2)cc1. The summed E-state index contributed by atoms with van der Waals surface area (Å²) in [6.45, 7) is 4.11. The number of sulfonamides is 1. The lowest BCUT2D eigenvalue weighted by Gasteiger charge is -2.36. The van der Waals surface area contributed by atoms with Crippen molar-refractivity contribution in [3.63, 3.8) is 0 Å². The molecule has 1 aliphatic heterocycles. The summed E-state index contributed by atoms with van der Waals surface area (Å²) < 4.78 is 41.5. The summed E-state index contributed by atoms with van der Waals surface area (Å²) in [5.74, 6) is -0.243. The van der Waals surface area contributed by atoms with Gasteiger partial charge in [-0.15, -0.1) is 11.3 Å². The van der Waals surface area contributed by atoms with E-state index in [0.717, 1.165) is 5.56 Å². The van der Waals surface area contributed by atoms with E-state index >= 15 is 0 Å². The molecule has 1 aromatic heterocycles. The maximum Gasteiger partial charge on any atom is 0.263 e. The maximum absolute atomic E-state index is 14.0. The number of nitrogens with one attached hydrogen (secondary N) is 1. The number of aryl methyl sites for hydroxylation is 2. The Morgan fingerprint density at radius 2 is 1.79 bits per heavy atom. The number of nitrogens with zero attached hydrogens (tertiary/aromatic N) is 3. The standard InChI is InChI=1S/C23H25FN4O3S2/c1-17-6-9-19(10-7-17)33(30,31)26-23-25-18(16-32-23)8-11-22(29)28-14-12-27(13-15-28)21-5-3-2-4-20(21)24/h2-7,9-10,16H,8,11-15H2,1H3,(H,25,26). The summed E-state index contributed by atoms with van der Waals surface area (Å²) >= 11 is 1.19. The number of hydrogen-bond acceptors (Lipinski definition) is 6. The predicted octanol–water partition coefficient (Wildman–Crippen LogP) is 3.67. The summed E-state index contributed by atoms with van der Waals surface area (Å²) in [4.78, 5) is 20.9. The average Bonchev–Trinajstić information content (AvgIpc) is 3.25. The van der Waals surface area contributed by atoms with E-state index in [1.165, 1.54) is 17.4 Å². The molecule has 0 saturated carbocycles. The fourth-order valence-electron chi connectivity index (χ4n) is 3.66. The van der Waals surface area contributed by atoms with Gasteiger partial charge in [0.2, 0.25) is 5.91 Å². The van der Waals surface area contributed by atoms with Gasteiger partial charge in [0, 0.05) is 38.0 Å². The van der Waals surface area contributed by atoms with E-state index < -0.39 is 10.0 Å². The van der Waals surface area contributed by atoms with Gasteiger partial charge < -0.3 is 9.80 Å². The van der Waals surface area contributed by atoms with E-state index in [2.05, 4.69) is 9.71 Å². The zero-order chi connectivity index (χ0) is 23.4. The Bertz CT molecular complexity index is 1220. The Labute approximate surface area is 196 Å². The van der Waals surface area contributed by atoms with Gasteiger partial charge in [-0.25, -0.2) is 17.8 Å². The van der Waals surface area contributed by atoms with E-state index in [4.69, 9.17) is 0 Å². The first-order chi connectivity index (χ1) is 15.8. The Balaban J connectivity index is 1.27. The highest BCUT2D eigenvalue weighted by molar-refractivity contribution is 7.93. The van der Waals surface area contributed by atoms with Crippen LogP contribution >= 0.6 is 11.3 Å². The molecule has 0 atom stereocenters. The molecule has 4 rings (SSSR count). The molecule has 174 valence electrons. The lowest BCUT2D eigenvalue weighted by atomic mass is 10.2. The summed E-state index contributed by atoms with van der Waals surface area (Å²) in [6, 6.07) is 13.2. The molecular formula is C23H25FN4O3S2. The van der Waals surface area contributed by atoms with E-state index in [9.17, 15) is 17.6 Å². The van der Waals surface area contributed by atoms with Crippen LogP contribution in [0.2, 0.25) is 0 Å². The molecule has 0 radical (unpaired) electrons. The van der Waals surface area contributed by atoms with Crippen LogP contribution in [0, 0.1) is 12.7 Å². The minimum atomic E-state index is -3.71. The van der Waals surface area contributed by atoms with Gasteiger partial charge in [-0.3, -0.25) is 9.52 Å². The van der Waals surface area contributed by atoms with Crippen molar-refractivity contribution in [3.05, 3.63) is 71.0 Å². The van der Waals surface area contributed by atoms with Gasteiger partial charge in [-0.2, -0.15) is 0 Å². The van der Waals surface area contributed by atoms with Crippen LogP contribution in [0.15, 0.2) is 58.8 Å². The molecule has 1 amide bonds. The lowest BCUT2D eigenvalue weighted by Crippen LogP contribution is -2.49. The van der Waals surface area contributed by atoms with Crippen molar-refractivity contribution >= 4 is 38.1 Å². The Morgan fingerprint density at radius 1 is 1.09 bits per heavy atom. The van der Waals surface area contributed by atoms with Crippen LogP contribution in [0.25, 0.3) is 0 Å². The van der Waals surface area contributed by atoms with Crippen LogP contribution in [0.4, 0.5) is 15.2 Å². The minimum Gasteiger partial charge on any atom is -0.366 e. The van der Waals surface area contributed by atoms with Crippen molar-refractivity contribution < 1.29 is 17.6 Å². The highest BCUT2D eigenvalue weighted by Gasteiger charge is 2.23. The van der Waals surface area contributed by atoms with Crippen molar-refractivity contribution in [1.82, 2.24) is 9.88 Å². The van der Waals surface area contributed by atoms with Gasteiger partial charge >= 0.3 is 0 Å². The highest BCUT2D eigenvalue weighted by Crippen LogP contribution is 2.23. The normalized spacial score (nSPS) is 14.4. The molecule has 3 aromatic rings. The molecule has 0 spiro atoms. The fraction of sp³-hybridized carbons (Fsp3) is 0.304. The number of hydrogen-bond donors (Lipinski definition) is 1. The topological polar surface area (TPSA) is 82.6 Å². The first-order valence-electron chi connectivity index (χ1n) is 10.6. The number of rotatable bonds is 7. The number of amides is 1. The molecule has 1 saturated heterocycles. The smallest absolute Gasteiger partial charge is 0.263 e. The Kier molecular flexibility index (Phi) is 6.94. The van der Waals surface area contributed by atoms with E-state index in [-0.39, 0.29) is 28.2 Å². The molecule has 2 heterocycles. The van der Waals surface area contributed by atoms with Crippen LogP contribution in [0.3, 0.4) is 0 Å². The molecule has 0 aliphatic carbocycles. The zero-order valence-corrected chi connectivity index (χ0v) is 19.8. The summed E-state index contributed by atoms with van der Waals surface area (Å²) in [5, 5.41) is 2.03. The second-order valence-corrected chi connectivity index (χ2v) is 10.4. The molecule has 1 fully saturated rings. The second-order valence-electron chi connectivity index (χ2n) is 7.88. The van der Waals surface area contributed by atoms with Crippen molar-refractivity contribution in [1.29, 1.82) is 0 Å². The molecule has 0 bridgehead atoms. The third kappa shape index (κ3) is 5.69. The third-order valence-electron chi connectivity index (χ3n) is 5.53. The lowest BCUT2D eigenvalue weighted by molar-refractivity contribution is -0.131. The summed E-state index contributed by atoms with van der Waals surface area (Å²) in [7, 11) is -3.71. The number of carbonyl (C=O) groups excluding carboxylic acids is 1. The number of halogens is 1. The minimum absolute atomic E-state index is 0.0120. The van der Waals surface area contributed by atoms with Crippen molar-refractivity contribution in [2.45, 2.75) is 24.7 Å². The highest BCUT2D eigenvalue weighted by atomic mass is 32.2. The van der Waals surface area contributed by atoms with Gasteiger partial charge in [0.1, 0.15) is 5.82 Å². The van der Waals surface area contributed by atoms with Gasteiger partial charge in [0.25, 0.3) is 10.0 Å². The van der Waals surface area contributed by atoms with E-state index in [1.54, 1.807) is 52.7 Å². The molecule has 1 aliphatic rings. The largest absolute Gasteiger partial charge is 0.366 e. The van der Waals surface area contributed by atoms with Gasteiger partial charge in [0.05, 0.1) is 16.3 Å². The number of benzene rings is 2. The van der Waals surface area contributed by atoms with Crippen LogP contribution < -0.4 is 9.62 Å². The van der Waals surface area contributed by atoms with Crippen LogP contribution in [0.1, 0.15) is 17.7 Å². The quantitative estimate of drug-likeness (QED) is 0.549. The van der Waals surface area contributed by atoms with Crippen LogP contribution in [-0.2, 0) is 21.2 Å². The zero-order valence-electron chi connectivity index (χ0n) is 18.2. The number of carbonyl (C=O) groups is 1. The van der Waals surface area contributed by atoms with Crippen molar-refractivity contribution in [3.8, 4) is 0 Å². The molecule has 2 aromatic carbocycles. The Morgan fingerprint density at radius 3 is 2.48 bits per heavy atom. The number of thiazole rings is 1. The fourth-order valence-corrected chi connectivity index (χ4v) is 5.66. The molecule has 10 heteroatoms. The number of piperazine rings is 1. The van der Waals surface area contributed by atoms with Gasteiger partial charge in [-0.1, -0.05) is 29.8 Å². The summed E-state index contributed by atoms with van der Waals surface area (Å²) in [6.07, 6.45) is 0.711. The summed E-state index contributed by atoms with van der Waals surface area (Å²) in [5.41, 5.74) is 2.21. The van der Waals surface area contributed by atoms with E-state index in [1.807, 2.05) is 11.8 Å². The van der Waals surface area contributed by atoms with Gasteiger partial charge in [-0.05, 0) is 37.6 Å². The number of anilines is 2. The Hall–Kier alpha value is -2.98. The predicted molar refractivity (Wildman–Crippen MR) is 128 cm³/mol. The number of para-hydroxylation sites is 1. The monoisotopic (exact) mass is 488 g/mol. The van der Waals surface area contributed by atoms with E-state index in [0.29, 0.717) is 44.0 Å². The maximum atomic E-state index is 14.0. The molecule has 33 heavy (non-hydrogen) atoms. The molecular weight excluding hydrogens is 463 g/mol.